The molecule has 2 aliphatic rings. The van der Waals surface area contributed by atoms with Gasteiger partial charge in [-0.1, -0.05) is 28.9 Å². The smallest absolute Gasteiger partial charge is 0.267 e. The Balaban J connectivity index is 1.33. The summed E-state index contributed by atoms with van der Waals surface area (Å²) in [5.41, 5.74) is 1.33. The first kappa shape index (κ1) is 20.3. The standard InChI is InChI=1S/C21H18ClF2N3O3/c22-17-11-15(24)4-5-16(17)20(28)26-6-8-27(9-7-26)21(29)19-12-18(25-30-19)13-2-1-3-14(23)10-13/h1-5,10-11,19H,6-9,12H2. The van der Waals surface area contributed by atoms with E-state index in [0.29, 0.717) is 37.5 Å². The molecule has 156 valence electrons. The quantitative estimate of drug-likeness (QED) is 0.747. The molecular formula is C21H18ClF2N3O3. The van der Waals surface area contributed by atoms with Crippen LogP contribution in [0.25, 0.3) is 0 Å². The SMILES string of the molecule is O=C(c1ccc(F)cc1Cl)N1CCN(C(=O)C2CC(c3cccc(F)c3)=NO2)CC1. The summed E-state index contributed by atoms with van der Waals surface area (Å²) in [4.78, 5) is 33.9. The summed E-state index contributed by atoms with van der Waals surface area (Å²) in [6.45, 7) is 1.31. The van der Waals surface area contributed by atoms with Crippen molar-refractivity contribution in [3.05, 3.63) is 70.2 Å². The van der Waals surface area contributed by atoms with Crippen LogP contribution in [0, 0.1) is 11.6 Å². The summed E-state index contributed by atoms with van der Waals surface area (Å²) in [7, 11) is 0. The van der Waals surface area contributed by atoms with Crippen LogP contribution >= 0.6 is 11.6 Å². The fraction of sp³-hybridized carbons (Fsp3) is 0.286. The Bertz CT molecular complexity index is 1020. The first-order valence-corrected chi connectivity index (χ1v) is 9.82. The molecule has 0 aromatic heterocycles. The van der Waals surface area contributed by atoms with Crippen molar-refractivity contribution in [1.82, 2.24) is 9.80 Å². The number of halogens is 3. The molecule has 0 radical (unpaired) electrons. The first-order valence-electron chi connectivity index (χ1n) is 9.44. The normalized spacial score (nSPS) is 18.8. The number of hydrogen-bond donors (Lipinski definition) is 0. The van der Waals surface area contributed by atoms with Gasteiger partial charge in [-0.15, -0.1) is 0 Å². The predicted molar refractivity (Wildman–Crippen MR) is 106 cm³/mol. The van der Waals surface area contributed by atoms with Crippen molar-refractivity contribution in [3.8, 4) is 0 Å². The predicted octanol–water partition coefficient (Wildman–Crippen LogP) is 3.10. The molecule has 0 aliphatic carbocycles. The Kier molecular flexibility index (Phi) is 5.67. The monoisotopic (exact) mass is 433 g/mol. The van der Waals surface area contributed by atoms with E-state index in [2.05, 4.69) is 5.16 Å². The number of carbonyl (C=O) groups excluding carboxylic acids is 2. The molecular weight excluding hydrogens is 416 g/mol. The van der Waals surface area contributed by atoms with Gasteiger partial charge in [0.25, 0.3) is 11.8 Å². The molecule has 2 heterocycles. The van der Waals surface area contributed by atoms with Gasteiger partial charge in [0.1, 0.15) is 11.6 Å². The second kappa shape index (κ2) is 8.39. The fourth-order valence-electron chi connectivity index (χ4n) is 3.52. The van der Waals surface area contributed by atoms with Crippen molar-refractivity contribution in [2.75, 3.05) is 26.2 Å². The number of benzene rings is 2. The van der Waals surface area contributed by atoms with E-state index in [1.165, 1.54) is 24.3 Å². The van der Waals surface area contributed by atoms with Gasteiger partial charge >= 0.3 is 0 Å². The van der Waals surface area contributed by atoms with Crippen molar-refractivity contribution in [3.63, 3.8) is 0 Å². The van der Waals surface area contributed by atoms with Gasteiger partial charge in [0.05, 0.1) is 16.3 Å². The highest BCUT2D eigenvalue weighted by molar-refractivity contribution is 6.33. The molecule has 0 N–H and O–H groups in total. The Hall–Kier alpha value is -3.00. The number of hydrogen-bond acceptors (Lipinski definition) is 4. The fourth-order valence-corrected chi connectivity index (χ4v) is 3.76. The van der Waals surface area contributed by atoms with Gasteiger partial charge < -0.3 is 14.6 Å². The number of carbonyl (C=O) groups is 2. The highest BCUT2D eigenvalue weighted by Gasteiger charge is 2.34. The average molecular weight is 434 g/mol. The third kappa shape index (κ3) is 4.14. The van der Waals surface area contributed by atoms with Gasteiger partial charge in [0.2, 0.25) is 6.10 Å². The Morgan fingerprint density at radius 1 is 1.00 bits per heavy atom. The highest BCUT2D eigenvalue weighted by Crippen LogP contribution is 2.22. The lowest BCUT2D eigenvalue weighted by atomic mass is 10.0. The zero-order valence-corrected chi connectivity index (χ0v) is 16.6. The lowest BCUT2D eigenvalue weighted by molar-refractivity contribution is -0.143. The van der Waals surface area contributed by atoms with Crippen LogP contribution in [-0.4, -0.2) is 59.6 Å². The van der Waals surface area contributed by atoms with Crippen molar-refractivity contribution in [2.24, 2.45) is 5.16 Å². The summed E-state index contributed by atoms with van der Waals surface area (Å²) in [5, 5.41) is 3.99. The molecule has 0 bridgehead atoms. The van der Waals surface area contributed by atoms with Crippen LogP contribution in [0.4, 0.5) is 8.78 Å². The number of oxime groups is 1. The Morgan fingerprint density at radius 2 is 1.70 bits per heavy atom. The minimum atomic E-state index is -0.767. The second-order valence-electron chi connectivity index (χ2n) is 7.09. The molecule has 0 saturated carbocycles. The molecule has 2 aromatic carbocycles. The average Bonchev–Trinajstić information content (AvgIpc) is 3.23. The van der Waals surface area contributed by atoms with Gasteiger partial charge in [-0.3, -0.25) is 9.59 Å². The van der Waals surface area contributed by atoms with Crippen LogP contribution in [0.1, 0.15) is 22.3 Å². The number of rotatable bonds is 3. The van der Waals surface area contributed by atoms with Crippen molar-refractivity contribution in [1.29, 1.82) is 0 Å². The maximum absolute atomic E-state index is 13.4. The topological polar surface area (TPSA) is 62.2 Å². The van der Waals surface area contributed by atoms with Crippen LogP contribution in [0.3, 0.4) is 0 Å². The van der Waals surface area contributed by atoms with E-state index in [9.17, 15) is 18.4 Å². The molecule has 1 fully saturated rings. The Labute approximate surface area is 176 Å². The third-order valence-corrected chi connectivity index (χ3v) is 5.45. The van der Waals surface area contributed by atoms with Crippen LogP contribution < -0.4 is 0 Å². The van der Waals surface area contributed by atoms with E-state index in [1.54, 1.807) is 21.9 Å². The molecule has 1 saturated heterocycles. The van der Waals surface area contributed by atoms with E-state index in [1.807, 2.05) is 0 Å². The van der Waals surface area contributed by atoms with Gasteiger partial charge in [-0.2, -0.15) is 0 Å². The maximum atomic E-state index is 13.4. The largest absolute Gasteiger partial charge is 0.382 e. The minimum absolute atomic E-state index is 0.0555. The lowest BCUT2D eigenvalue weighted by Crippen LogP contribution is -2.53. The molecule has 2 amide bonds. The van der Waals surface area contributed by atoms with E-state index >= 15 is 0 Å². The second-order valence-corrected chi connectivity index (χ2v) is 7.50. The molecule has 6 nitrogen and oxygen atoms in total. The zero-order valence-electron chi connectivity index (χ0n) is 15.9. The summed E-state index contributed by atoms with van der Waals surface area (Å²) in [6, 6.07) is 9.61. The van der Waals surface area contributed by atoms with Gasteiger partial charge in [-0.05, 0) is 30.3 Å². The van der Waals surface area contributed by atoms with Crippen LogP contribution in [-0.2, 0) is 9.63 Å². The minimum Gasteiger partial charge on any atom is -0.382 e. The molecule has 1 atom stereocenters. The number of amides is 2. The summed E-state index contributed by atoms with van der Waals surface area (Å²) < 4.78 is 26.6. The van der Waals surface area contributed by atoms with E-state index in [0.717, 1.165) is 6.07 Å². The number of nitrogens with zero attached hydrogens (tertiary/aromatic N) is 3. The van der Waals surface area contributed by atoms with Crippen LogP contribution in [0.2, 0.25) is 5.02 Å². The zero-order chi connectivity index (χ0) is 21.3. The van der Waals surface area contributed by atoms with Crippen molar-refractivity contribution in [2.45, 2.75) is 12.5 Å². The first-order chi connectivity index (χ1) is 14.4. The molecule has 0 spiro atoms. The van der Waals surface area contributed by atoms with E-state index in [4.69, 9.17) is 16.4 Å². The summed E-state index contributed by atoms with van der Waals surface area (Å²) in [6.07, 6.45) is -0.510. The van der Waals surface area contributed by atoms with Crippen LogP contribution in [0.5, 0.6) is 0 Å². The van der Waals surface area contributed by atoms with Crippen LogP contribution in [0.15, 0.2) is 47.6 Å². The third-order valence-electron chi connectivity index (χ3n) is 5.14. The molecule has 2 aromatic rings. The highest BCUT2D eigenvalue weighted by atomic mass is 35.5. The maximum Gasteiger partial charge on any atom is 0.267 e. The van der Waals surface area contributed by atoms with Gasteiger partial charge in [0, 0.05) is 38.2 Å². The van der Waals surface area contributed by atoms with E-state index in [-0.39, 0.29) is 34.6 Å². The Morgan fingerprint density at radius 3 is 2.40 bits per heavy atom. The van der Waals surface area contributed by atoms with Crippen molar-refractivity contribution >= 4 is 29.1 Å². The molecule has 30 heavy (non-hydrogen) atoms. The van der Waals surface area contributed by atoms with E-state index < -0.39 is 11.9 Å². The lowest BCUT2D eigenvalue weighted by Gasteiger charge is -2.35. The summed E-state index contributed by atoms with van der Waals surface area (Å²) >= 11 is 5.98. The molecule has 9 heteroatoms. The molecule has 2 aliphatic heterocycles. The molecule has 1 unspecified atom stereocenters. The number of piperazine rings is 1. The van der Waals surface area contributed by atoms with Gasteiger partial charge in [0.15, 0.2) is 0 Å². The molecule has 4 rings (SSSR count). The van der Waals surface area contributed by atoms with Crippen molar-refractivity contribution < 1.29 is 23.2 Å². The summed E-state index contributed by atoms with van der Waals surface area (Å²) in [5.74, 6) is -1.42. The van der Waals surface area contributed by atoms with Gasteiger partial charge in [-0.25, -0.2) is 8.78 Å².